The minimum Gasteiger partial charge on any atom is -0.477 e. The van der Waals surface area contributed by atoms with Gasteiger partial charge in [-0.25, -0.2) is 22.4 Å². The largest absolute Gasteiger partial charge is 0.477 e. The third kappa shape index (κ3) is 6.60. The first-order valence-electron chi connectivity index (χ1n) is 15.2. The molecule has 0 unspecified atom stereocenters. The Morgan fingerprint density at radius 3 is 2.39 bits per heavy atom. The van der Waals surface area contributed by atoms with Crippen LogP contribution in [-0.2, 0) is 34.6 Å². The van der Waals surface area contributed by atoms with Crippen molar-refractivity contribution in [2.75, 3.05) is 11.2 Å². The fourth-order valence-electron chi connectivity index (χ4n) is 6.98. The number of fused-ring (bicyclic) bond motifs is 2. The minimum absolute atomic E-state index is 0. The second-order valence-corrected chi connectivity index (χ2v) is 15.2. The van der Waals surface area contributed by atoms with Crippen molar-refractivity contribution >= 4 is 66.9 Å². The second kappa shape index (κ2) is 13.8. The molecule has 2 heterocycles. The molecule has 5 rings (SSSR count). The van der Waals surface area contributed by atoms with Gasteiger partial charge in [0.05, 0.1) is 18.0 Å². The van der Waals surface area contributed by atoms with Crippen LogP contribution in [0.4, 0.5) is 10.1 Å². The fourth-order valence-corrected chi connectivity index (χ4v) is 8.03. The molecular formula is C35H38BrClFN3O7S. The minimum atomic E-state index is -3.96. The summed E-state index contributed by atoms with van der Waals surface area (Å²) in [6.45, 7) is 6.32. The lowest BCUT2D eigenvalue weighted by molar-refractivity contribution is -0.137. The van der Waals surface area contributed by atoms with Crippen LogP contribution in [-0.4, -0.2) is 43.9 Å². The van der Waals surface area contributed by atoms with Crippen LogP contribution in [0.5, 0.6) is 5.75 Å². The molecule has 0 bridgehead atoms. The van der Waals surface area contributed by atoms with Crippen LogP contribution in [0.1, 0.15) is 81.7 Å². The molecule has 1 saturated heterocycles. The van der Waals surface area contributed by atoms with Gasteiger partial charge in [0.15, 0.2) is 5.60 Å². The number of nitrogens with one attached hydrogen (secondary N) is 2. The van der Waals surface area contributed by atoms with Crippen LogP contribution in [0.2, 0.25) is 5.02 Å². The van der Waals surface area contributed by atoms with Gasteiger partial charge in [0.25, 0.3) is 5.91 Å². The van der Waals surface area contributed by atoms with E-state index in [0.717, 1.165) is 11.2 Å². The highest BCUT2D eigenvalue weighted by Crippen LogP contribution is 2.61. The van der Waals surface area contributed by atoms with Gasteiger partial charge in [-0.3, -0.25) is 19.2 Å². The molecule has 3 aromatic rings. The molecule has 0 radical (unpaired) electrons. The molecule has 3 aromatic carbocycles. The summed E-state index contributed by atoms with van der Waals surface area (Å²) in [5.74, 6) is -4.18. The van der Waals surface area contributed by atoms with Gasteiger partial charge < -0.3 is 10.1 Å². The average Bonchev–Trinajstić information content (AvgIpc) is 3.25. The first kappa shape index (κ1) is 38.0. The van der Waals surface area contributed by atoms with Gasteiger partial charge in [-0.05, 0) is 78.9 Å². The smallest absolute Gasteiger partial charge is 0.277 e. The zero-order valence-electron chi connectivity index (χ0n) is 26.8. The Morgan fingerprint density at radius 1 is 1.10 bits per heavy atom. The standard InChI is InChI=1S/C34H34BrClFN3O7S.CH4/c1-6-33(7-2,31(43)39-48(5,45)46)47-28-13-10-21(36)15-24(28)26-17-29(42)38-30(23-16-22(37)11-8-18(23)3)34(26)25-12-9-20(35)14-27(25)40(19(4)41)32(34)44;/h8-16,26,30H,6-7,17H2,1-5H3,(H,38,42)(H,39,43);1H4/t26-,30+,34-;/m0./s1. The normalized spacial score (nSPS) is 20.4. The number of sulfonamides is 1. The topological polar surface area (TPSA) is 139 Å². The molecule has 2 aliphatic rings. The highest BCUT2D eigenvalue weighted by Gasteiger charge is 2.64. The molecule has 1 fully saturated rings. The quantitative estimate of drug-likeness (QED) is 0.271. The molecule has 262 valence electrons. The van der Waals surface area contributed by atoms with E-state index in [-0.39, 0.29) is 48.7 Å². The third-order valence-electron chi connectivity index (χ3n) is 9.26. The van der Waals surface area contributed by atoms with Crippen LogP contribution in [0.3, 0.4) is 0 Å². The van der Waals surface area contributed by atoms with E-state index in [1.165, 1.54) is 37.3 Å². The molecule has 14 heteroatoms. The molecule has 10 nitrogen and oxygen atoms in total. The molecule has 3 atom stereocenters. The summed E-state index contributed by atoms with van der Waals surface area (Å²) in [7, 11) is -3.96. The monoisotopic (exact) mass is 777 g/mol. The number of carbonyl (C=O) groups excluding carboxylic acids is 4. The zero-order valence-corrected chi connectivity index (χ0v) is 30.0. The Morgan fingerprint density at radius 2 is 1.78 bits per heavy atom. The molecule has 2 N–H and O–H groups in total. The number of carbonyl (C=O) groups is 4. The maximum atomic E-state index is 15.1. The van der Waals surface area contributed by atoms with E-state index in [2.05, 4.69) is 21.2 Å². The van der Waals surface area contributed by atoms with Crippen LogP contribution in [0, 0.1) is 12.7 Å². The predicted molar refractivity (Wildman–Crippen MR) is 188 cm³/mol. The Balaban J connectivity index is 0.00000541. The number of halogens is 3. The average molecular weight is 779 g/mol. The maximum absolute atomic E-state index is 15.1. The Kier molecular flexibility index (Phi) is 10.7. The summed E-state index contributed by atoms with van der Waals surface area (Å²) < 4.78 is 48.1. The number of ether oxygens (including phenoxy) is 1. The molecular weight excluding hydrogens is 741 g/mol. The van der Waals surface area contributed by atoms with E-state index in [1.807, 2.05) is 4.72 Å². The van der Waals surface area contributed by atoms with Gasteiger partial charge in [0.1, 0.15) is 17.0 Å². The van der Waals surface area contributed by atoms with E-state index >= 15 is 4.79 Å². The van der Waals surface area contributed by atoms with Crippen molar-refractivity contribution in [1.82, 2.24) is 10.0 Å². The summed E-state index contributed by atoms with van der Waals surface area (Å²) in [4.78, 5) is 56.5. The Bertz CT molecular complexity index is 1970. The van der Waals surface area contributed by atoms with E-state index in [1.54, 1.807) is 45.0 Å². The van der Waals surface area contributed by atoms with E-state index in [9.17, 15) is 27.2 Å². The summed E-state index contributed by atoms with van der Waals surface area (Å²) in [5, 5.41) is 3.17. The number of piperidine rings is 1. The molecule has 49 heavy (non-hydrogen) atoms. The van der Waals surface area contributed by atoms with Crippen LogP contribution in [0.15, 0.2) is 59.1 Å². The van der Waals surface area contributed by atoms with Crippen molar-refractivity contribution in [3.05, 3.63) is 92.2 Å². The second-order valence-electron chi connectivity index (χ2n) is 12.1. The molecule has 2 aliphatic heterocycles. The zero-order chi connectivity index (χ0) is 35.3. The van der Waals surface area contributed by atoms with E-state index in [0.29, 0.717) is 21.2 Å². The van der Waals surface area contributed by atoms with E-state index in [4.69, 9.17) is 16.3 Å². The lowest BCUT2D eigenvalue weighted by Crippen LogP contribution is -2.59. The van der Waals surface area contributed by atoms with Crippen molar-refractivity contribution in [2.24, 2.45) is 0 Å². The summed E-state index contributed by atoms with van der Waals surface area (Å²) in [6, 6.07) is 12.5. The Labute approximate surface area is 298 Å². The molecule has 0 aliphatic carbocycles. The predicted octanol–water partition coefficient (Wildman–Crippen LogP) is 6.38. The van der Waals surface area contributed by atoms with Gasteiger partial charge in [-0.2, -0.15) is 0 Å². The number of nitrogens with zero attached hydrogens (tertiary/aromatic N) is 1. The fraction of sp³-hybridized carbons (Fsp3) is 0.371. The number of hydrogen-bond donors (Lipinski definition) is 2. The summed E-state index contributed by atoms with van der Waals surface area (Å²) in [5.41, 5.74) is -1.55. The number of hydrogen-bond acceptors (Lipinski definition) is 7. The third-order valence-corrected chi connectivity index (χ3v) is 10.5. The number of benzene rings is 3. The van der Waals surface area contributed by atoms with Gasteiger partial charge in [0, 0.05) is 34.3 Å². The summed E-state index contributed by atoms with van der Waals surface area (Å²) in [6.07, 6.45) is 0.690. The van der Waals surface area contributed by atoms with Gasteiger partial charge in [-0.15, -0.1) is 0 Å². The number of aryl methyl sites for hydroxylation is 1. The lowest BCUT2D eigenvalue weighted by atomic mass is 9.58. The van der Waals surface area contributed by atoms with Crippen molar-refractivity contribution < 1.29 is 36.7 Å². The van der Waals surface area contributed by atoms with Gasteiger partial charge in [-0.1, -0.05) is 60.9 Å². The first-order valence-corrected chi connectivity index (χ1v) is 18.3. The first-order chi connectivity index (χ1) is 22.5. The summed E-state index contributed by atoms with van der Waals surface area (Å²) >= 11 is 10.0. The number of amides is 4. The van der Waals surface area contributed by atoms with Crippen LogP contribution >= 0.6 is 27.5 Å². The van der Waals surface area contributed by atoms with Gasteiger partial charge >= 0.3 is 0 Å². The number of anilines is 1. The van der Waals surface area contributed by atoms with Crippen molar-refractivity contribution in [1.29, 1.82) is 0 Å². The highest BCUT2D eigenvalue weighted by atomic mass is 79.9. The van der Waals surface area contributed by atoms with Crippen molar-refractivity contribution in [2.45, 2.75) is 77.4 Å². The van der Waals surface area contributed by atoms with E-state index < -0.39 is 62.4 Å². The maximum Gasteiger partial charge on any atom is 0.277 e. The Hall–Kier alpha value is -3.81. The van der Waals surface area contributed by atoms with Crippen molar-refractivity contribution in [3.8, 4) is 5.75 Å². The lowest BCUT2D eigenvalue weighted by Gasteiger charge is -2.47. The number of rotatable bonds is 8. The molecule has 0 aromatic heterocycles. The highest BCUT2D eigenvalue weighted by molar-refractivity contribution is 9.10. The number of imide groups is 1. The van der Waals surface area contributed by atoms with Crippen molar-refractivity contribution in [3.63, 3.8) is 0 Å². The SMILES string of the molecule is C.CCC(CC)(Oc1ccc(Cl)cc1[C@@H]1CC(=O)N[C@H](c2cc(F)ccc2C)[C@@]12C(=O)N(C(C)=O)c1cc(Br)ccc12)C(=O)NS(C)(=O)=O. The van der Waals surface area contributed by atoms with Crippen LogP contribution < -0.4 is 19.7 Å². The molecule has 4 amide bonds. The molecule has 0 saturated carbocycles. The van der Waals surface area contributed by atoms with Crippen LogP contribution in [0.25, 0.3) is 0 Å². The molecule has 1 spiro atoms. The van der Waals surface area contributed by atoms with Gasteiger partial charge in [0.2, 0.25) is 27.7 Å².